The van der Waals surface area contributed by atoms with Gasteiger partial charge in [-0.15, -0.1) is 0 Å². The van der Waals surface area contributed by atoms with Crippen LogP contribution in [0.3, 0.4) is 0 Å². The molecule has 1 fully saturated rings. The molecule has 2 amide bonds. The zero-order chi connectivity index (χ0) is 23.4. The van der Waals surface area contributed by atoms with E-state index in [2.05, 4.69) is 25.8 Å². The molecule has 3 aromatic rings. The molecule has 0 atom stereocenters. The van der Waals surface area contributed by atoms with Crippen LogP contribution in [-0.2, 0) is 21.5 Å². The Labute approximate surface area is 192 Å². The van der Waals surface area contributed by atoms with Crippen LogP contribution < -0.4 is 10.6 Å². The van der Waals surface area contributed by atoms with Crippen molar-refractivity contribution < 1.29 is 18.5 Å². The first-order valence-corrected chi connectivity index (χ1v) is 11.7. The minimum Gasteiger partial charge on any atom is -0.440 e. The van der Waals surface area contributed by atoms with E-state index in [1.54, 1.807) is 12.1 Å². The second-order valence-electron chi connectivity index (χ2n) is 9.13. The Bertz CT molecular complexity index is 1130. The molecular formula is C24H31N5O4. The van der Waals surface area contributed by atoms with Crippen molar-refractivity contribution in [2.75, 3.05) is 5.32 Å². The van der Waals surface area contributed by atoms with E-state index in [0.717, 1.165) is 38.5 Å². The summed E-state index contributed by atoms with van der Waals surface area (Å²) in [6.45, 7) is 5.55. The Morgan fingerprint density at radius 2 is 1.88 bits per heavy atom. The van der Waals surface area contributed by atoms with Crippen molar-refractivity contribution in [2.24, 2.45) is 0 Å². The first-order valence-electron chi connectivity index (χ1n) is 11.7. The van der Waals surface area contributed by atoms with Gasteiger partial charge in [-0.05, 0) is 31.0 Å². The third-order valence-corrected chi connectivity index (χ3v) is 6.02. The van der Waals surface area contributed by atoms with E-state index < -0.39 is 5.54 Å². The molecule has 0 bridgehead atoms. The summed E-state index contributed by atoms with van der Waals surface area (Å²) in [5.41, 5.74) is 1.48. The van der Waals surface area contributed by atoms with Crippen LogP contribution in [0.25, 0.3) is 11.1 Å². The van der Waals surface area contributed by atoms with Gasteiger partial charge in [-0.2, -0.15) is 4.98 Å². The van der Waals surface area contributed by atoms with Gasteiger partial charge >= 0.3 is 0 Å². The number of amides is 2. The van der Waals surface area contributed by atoms with E-state index in [9.17, 15) is 9.59 Å². The number of aryl methyl sites for hydroxylation is 1. The number of hydrogen-bond donors (Lipinski definition) is 2. The van der Waals surface area contributed by atoms with Gasteiger partial charge in [-0.3, -0.25) is 9.59 Å². The molecule has 1 aromatic carbocycles. The third-order valence-electron chi connectivity index (χ3n) is 6.02. The molecule has 0 spiro atoms. The fourth-order valence-electron chi connectivity index (χ4n) is 4.34. The molecule has 1 saturated carbocycles. The van der Waals surface area contributed by atoms with E-state index in [0.29, 0.717) is 40.8 Å². The van der Waals surface area contributed by atoms with Crippen LogP contribution in [0.4, 0.5) is 5.69 Å². The highest BCUT2D eigenvalue weighted by Crippen LogP contribution is 2.34. The minimum absolute atomic E-state index is 0.104. The lowest BCUT2D eigenvalue weighted by molar-refractivity contribution is -0.121. The topological polar surface area (TPSA) is 123 Å². The van der Waals surface area contributed by atoms with E-state index in [-0.39, 0.29) is 24.2 Å². The number of carbonyl (C=O) groups is 2. The molecular weight excluding hydrogens is 422 g/mol. The fraction of sp³-hybridized carbons (Fsp3) is 0.542. The van der Waals surface area contributed by atoms with Crippen molar-refractivity contribution >= 4 is 28.6 Å². The lowest BCUT2D eigenvalue weighted by Gasteiger charge is -2.30. The highest BCUT2D eigenvalue weighted by Gasteiger charge is 2.38. The minimum atomic E-state index is -0.589. The van der Waals surface area contributed by atoms with Crippen molar-refractivity contribution in [1.29, 1.82) is 0 Å². The maximum atomic E-state index is 12.5. The normalized spacial score (nSPS) is 16.0. The van der Waals surface area contributed by atoms with Gasteiger partial charge in [-0.1, -0.05) is 44.7 Å². The predicted molar refractivity (Wildman–Crippen MR) is 123 cm³/mol. The molecule has 0 saturated heterocycles. The first-order chi connectivity index (χ1) is 15.8. The highest BCUT2D eigenvalue weighted by molar-refractivity contribution is 5.92. The SMILES string of the molecule is CC(=O)NC1(c2noc(CCC(=O)Nc3ccc4oc(C(C)C)nc4c3)n2)CCCCCC1. The van der Waals surface area contributed by atoms with Gasteiger partial charge in [0.25, 0.3) is 0 Å². The predicted octanol–water partition coefficient (Wildman–Crippen LogP) is 4.59. The standard InChI is InChI=1S/C24H31N5O4/c1-15(2)22-26-18-14-17(8-9-19(18)32-22)25-20(31)10-11-21-27-23(29-33-21)24(28-16(3)30)12-6-4-5-7-13-24/h8-9,14-15H,4-7,10-13H2,1-3H3,(H,25,31)(H,28,30). The van der Waals surface area contributed by atoms with Gasteiger partial charge in [0.05, 0.1) is 0 Å². The van der Waals surface area contributed by atoms with Crippen molar-refractivity contribution in [3.8, 4) is 0 Å². The number of nitrogens with zero attached hydrogens (tertiary/aromatic N) is 3. The highest BCUT2D eigenvalue weighted by atomic mass is 16.5. The summed E-state index contributed by atoms with van der Waals surface area (Å²) in [6.07, 6.45) is 6.35. The Morgan fingerprint density at radius 3 is 2.58 bits per heavy atom. The molecule has 2 N–H and O–H groups in total. The summed E-state index contributed by atoms with van der Waals surface area (Å²) >= 11 is 0. The largest absolute Gasteiger partial charge is 0.440 e. The summed E-state index contributed by atoms with van der Waals surface area (Å²) in [4.78, 5) is 33.4. The summed E-state index contributed by atoms with van der Waals surface area (Å²) in [5, 5.41) is 10.1. The van der Waals surface area contributed by atoms with Crippen molar-refractivity contribution in [3.63, 3.8) is 0 Å². The van der Waals surface area contributed by atoms with E-state index >= 15 is 0 Å². The molecule has 9 heteroatoms. The molecule has 1 aliphatic rings. The van der Waals surface area contributed by atoms with E-state index in [1.807, 2.05) is 19.9 Å². The number of rotatable bonds is 7. The number of nitrogens with one attached hydrogen (secondary N) is 2. The lowest BCUT2D eigenvalue weighted by Crippen LogP contribution is -2.45. The molecule has 0 radical (unpaired) electrons. The molecule has 2 heterocycles. The van der Waals surface area contributed by atoms with Crippen molar-refractivity contribution in [2.45, 2.75) is 83.6 Å². The van der Waals surface area contributed by atoms with Crippen LogP contribution in [0.5, 0.6) is 0 Å². The van der Waals surface area contributed by atoms with Crippen LogP contribution in [0.2, 0.25) is 0 Å². The fourth-order valence-corrected chi connectivity index (χ4v) is 4.34. The molecule has 2 aromatic heterocycles. The second kappa shape index (κ2) is 9.72. The number of hydrogen-bond acceptors (Lipinski definition) is 7. The monoisotopic (exact) mass is 453 g/mol. The van der Waals surface area contributed by atoms with Gasteiger partial charge in [-0.25, -0.2) is 4.98 Å². The smallest absolute Gasteiger partial charge is 0.227 e. The number of carbonyl (C=O) groups excluding carboxylic acids is 2. The van der Waals surface area contributed by atoms with Crippen molar-refractivity contribution in [3.05, 3.63) is 35.8 Å². The van der Waals surface area contributed by atoms with Crippen LogP contribution in [-0.4, -0.2) is 26.9 Å². The quantitative estimate of drug-likeness (QED) is 0.501. The van der Waals surface area contributed by atoms with Crippen LogP contribution in [0.1, 0.15) is 89.2 Å². The van der Waals surface area contributed by atoms with E-state index in [4.69, 9.17) is 8.94 Å². The van der Waals surface area contributed by atoms with Crippen LogP contribution >= 0.6 is 0 Å². The van der Waals surface area contributed by atoms with Crippen molar-refractivity contribution in [1.82, 2.24) is 20.4 Å². The van der Waals surface area contributed by atoms with Gasteiger partial charge in [0.15, 0.2) is 17.3 Å². The average molecular weight is 454 g/mol. The maximum absolute atomic E-state index is 12.5. The molecule has 9 nitrogen and oxygen atoms in total. The molecule has 4 rings (SSSR count). The zero-order valence-electron chi connectivity index (χ0n) is 19.4. The summed E-state index contributed by atoms with van der Waals surface area (Å²) in [6, 6.07) is 5.41. The third kappa shape index (κ3) is 5.40. The van der Waals surface area contributed by atoms with Crippen LogP contribution in [0.15, 0.2) is 27.1 Å². The Morgan fingerprint density at radius 1 is 1.12 bits per heavy atom. The van der Waals surface area contributed by atoms with Gasteiger partial charge in [0, 0.05) is 31.4 Å². The molecule has 1 aliphatic carbocycles. The molecule has 176 valence electrons. The van der Waals surface area contributed by atoms with Crippen LogP contribution in [0, 0.1) is 0 Å². The Hall–Kier alpha value is -3.23. The van der Waals surface area contributed by atoms with E-state index in [1.165, 1.54) is 6.92 Å². The molecule has 0 unspecified atom stereocenters. The summed E-state index contributed by atoms with van der Waals surface area (Å²) < 4.78 is 11.1. The number of anilines is 1. The van der Waals surface area contributed by atoms with Gasteiger partial charge in [0.1, 0.15) is 11.1 Å². The zero-order valence-corrected chi connectivity index (χ0v) is 19.4. The van der Waals surface area contributed by atoms with Gasteiger partial charge < -0.3 is 19.6 Å². The summed E-state index contributed by atoms with van der Waals surface area (Å²) in [5.74, 6) is 1.50. The summed E-state index contributed by atoms with van der Waals surface area (Å²) in [7, 11) is 0. The molecule has 33 heavy (non-hydrogen) atoms. The second-order valence-corrected chi connectivity index (χ2v) is 9.13. The number of fused-ring (bicyclic) bond motifs is 1. The van der Waals surface area contributed by atoms with Gasteiger partial charge in [0.2, 0.25) is 17.7 Å². The number of benzene rings is 1. The Kier molecular flexibility index (Phi) is 6.76. The number of oxazole rings is 1. The first kappa shape index (κ1) is 22.9. The number of aromatic nitrogens is 3. The molecule has 0 aliphatic heterocycles. The average Bonchev–Trinajstić information content (AvgIpc) is 3.35. The lowest BCUT2D eigenvalue weighted by atomic mass is 9.89. The Balaban J connectivity index is 1.39. The maximum Gasteiger partial charge on any atom is 0.227 e.